The first-order valence-corrected chi connectivity index (χ1v) is 7.09. The van der Waals surface area contributed by atoms with E-state index in [0.717, 1.165) is 17.1 Å². The topological polar surface area (TPSA) is 85.1 Å². The largest absolute Gasteiger partial charge is 0.495 e. The Morgan fingerprint density at radius 1 is 0.957 bits per heavy atom. The summed E-state index contributed by atoms with van der Waals surface area (Å²) in [4.78, 5) is 8.49. The van der Waals surface area contributed by atoms with Crippen molar-refractivity contribution in [3.8, 4) is 5.75 Å². The zero-order valence-corrected chi connectivity index (χ0v) is 12.7. The van der Waals surface area contributed by atoms with Gasteiger partial charge in [0.2, 0.25) is 0 Å². The molecule has 1 aromatic carbocycles. The van der Waals surface area contributed by atoms with Crippen molar-refractivity contribution < 1.29 is 4.74 Å². The third-order valence-corrected chi connectivity index (χ3v) is 3.19. The van der Waals surface area contributed by atoms with Crippen LogP contribution in [0.1, 0.15) is 0 Å². The van der Waals surface area contributed by atoms with Gasteiger partial charge in [0.25, 0.3) is 0 Å². The maximum atomic E-state index is 5.63. The Labute approximate surface area is 134 Å². The summed E-state index contributed by atoms with van der Waals surface area (Å²) < 4.78 is 5.34. The van der Waals surface area contributed by atoms with E-state index in [9.17, 15) is 0 Å². The number of methoxy groups -OCH3 is 1. The number of hydrogen-bond acceptors (Lipinski definition) is 6. The van der Waals surface area contributed by atoms with Crippen LogP contribution in [-0.4, -0.2) is 17.1 Å². The molecule has 4 N–H and O–H groups in total. The maximum Gasteiger partial charge on any atom is 0.142 e. The molecule has 0 aliphatic rings. The van der Waals surface area contributed by atoms with Crippen molar-refractivity contribution in [3.63, 3.8) is 0 Å². The van der Waals surface area contributed by atoms with Crippen molar-refractivity contribution in [1.29, 1.82) is 0 Å². The van der Waals surface area contributed by atoms with Gasteiger partial charge in [0, 0.05) is 18.0 Å². The summed E-state index contributed by atoms with van der Waals surface area (Å²) in [5, 5.41) is 6.45. The molecule has 0 atom stereocenters. The number of nitrogens with zero attached hydrogens (tertiary/aromatic N) is 2. The molecule has 0 fully saturated rings. The number of nitrogens with one attached hydrogen (secondary N) is 2. The number of aromatic nitrogens is 2. The second-order valence-corrected chi connectivity index (χ2v) is 4.86. The average Bonchev–Trinajstić information content (AvgIpc) is 2.58. The highest BCUT2D eigenvalue weighted by Gasteiger charge is 2.04. The molecule has 0 unspecified atom stereocenters. The Balaban J connectivity index is 1.78. The van der Waals surface area contributed by atoms with Crippen molar-refractivity contribution >= 4 is 28.7 Å². The molecule has 0 aliphatic carbocycles. The summed E-state index contributed by atoms with van der Waals surface area (Å²) in [6.45, 7) is 0. The summed E-state index contributed by atoms with van der Waals surface area (Å²) in [5.41, 5.74) is 8.03. The Kier molecular flexibility index (Phi) is 4.24. The average molecular weight is 307 g/mol. The van der Waals surface area contributed by atoms with Crippen LogP contribution in [0.15, 0.2) is 60.9 Å². The molecule has 0 saturated heterocycles. The minimum Gasteiger partial charge on any atom is -0.495 e. The fourth-order valence-electron chi connectivity index (χ4n) is 2.09. The Bertz CT molecular complexity index is 789. The fraction of sp³-hybridized carbons (Fsp3) is 0.0588. The number of nitrogen functional groups attached to an aromatic ring is 1. The predicted octanol–water partition coefficient (Wildman–Crippen LogP) is 3.55. The molecule has 0 bridgehead atoms. The quantitative estimate of drug-likeness (QED) is 0.668. The van der Waals surface area contributed by atoms with Gasteiger partial charge in [0.15, 0.2) is 0 Å². The van der Waals surface area contributed by atoms with Gasteiger partial charge in [-0.05, 0) is 30.3 Å². The molecule has 0 aliphatic heterocycles. The number of ether oxygens (including phenoxy) is 1. The van der Waals surface area contributed by atoms with E-state index in [0.29, 0.717) is 17.3 Å². The third-order valence-electron chi connectivity index (χ3n) is 3.19. The highest BCUT2D eigenvalue weighted by Crippen LogP contribution is 2.27. The molecule has 3 aromatic rings. The first kappa shape index (κ1) is 14.6. The van der Waals surface area contributed by atoms with Gasteiger partial charge in [-0.2, -0.15) is 0 Å². The van der Waals surface area contributed by atoms with Crippen LogP contribution in [0.2, 0.25) is 0 Å². The van der Waals surface area contributed by atoms with E-state index in [2.05, 4.69) is 20.6 Å². The number of benzene rings is 1. The van der Waals surface area contributed by atoms with E-state index in [1.165, 1.54) is 0 Å². The van der Waals surface area contributed by atoms with Crippen molar-refractivity contribution in [3.05, 3.63) is 60.9 Å². The van der Waals surface area contributed by atoms with Crippen molar-refractivity contribution in [2.75, 3.05) is 23.5 Å². The lowest BCUT2D eigenvalue weighted by Gasteiger charge is -2.12. The van der Waals surface area contributed by atoms with Gasteiger partial charge in [-0.1, -0.05) is 12.1 Å². The van der Waals surface area contributed by atoms with E-state index >= 15 is 0 Å². The van der Waals surface area contributed by atoms with Crippen LogP contribution in [0, 0.1) is 0 Å². The first-order chi connectivity index (χ1) is 11.2. The van der Waals surface area contributed by atoms with Crippen molar-refractivity contribution in [2.24, 2.45) is 0 Å². The van der Waals surface area contributed by atoms with Gasteiger partial charge in [0.05, 0.1) is 24.7 Å². The van der Waals surface area contributed by atoms with E-state index in [4.69, 9.17) is 10.5 Å². The van der Waals surface area contributed by atoms with E-state index < -0.39 is 0 Å². The van der Waals surface area contributed by atoms with Crippen molar-refractivity contribution in [1.82, 2.24) is 9.97 Å². The van der Waals surface area contributed by atoms with Gasteiger partial charge < -0.3 is 21.1 Å². The normalized spacial score (nSPS) is 10.1. The van der Waals surface area contributed by atoms with Crippen LogP contribution in [0.4, 0.5) is 28.7 Å². The zero-order chi connectivity index (χ0) is 16.1. The summed E-state index contributed by atoms with van der Waals surface area (Å²) in [5.74, 6) is 2.14. The molecule has 23 heavy (non-hydrogen) atoms. The van der Waals surface area contributed by atoms with Crippen LogP contribution in [0.3, 0.4) is 0 Å². The second kappa shape index (κ2) is 6.65. The maximum absolute atomic E-state index is 5.63. The summed E-state index contributed by atoms with van der Waals surface area (Å²) in [6, 6.07) is 15.1. The molecule has 116 valence electrons. The SMILES string of the molecule is COc1ccccc1Nc1ccnc(Nc2ccc(N)cn2)c1. The zero-order valence-electron chi connectivity index (χ0n) is 12.7. The standard InChI is InChI=1S/C17H17N5O/c1-23-15-5-3-2-4-14(15)21-13-8-9-19-17(10-13)22-16-7-6-12(18)11-20-16/h2-11H,18H2,1H3,(H2,19,20,21,22). The van der Waals surface area contributed by atoms with Crippen LogP contribution < -0.4 is 21.1 Å². The molecular formula is C17H17N5O. The van der Waals surface area contributed by atoms with Gasteiger partial charge in [-0.25, -0.2) is 9.97 Å². The fourth-order valence-corrected chi connectivity index (χ4v) is 2.09. The number of anilines is 5. The molecule has 0 amide bonds. The Morgan fingerprint density at radius 3 is 2.61 bits per heavy atom. The van der Waals surface area contributed by atoms with Crippen LogP contribution in [0.5, 0.6) is 5.75 Å². The lowest BCUT2D eigenvalue weighted by Crippen LogP contribution is -1.99. The lowest BCUT2D eigenvalue weighted by atomic mass is 10.2. The summed E-state index contributed by atoms with van der Waals surface area (Å²) in [6.07, 6.45) is 3.32. The predicted molar refractivity (Wildman–Crippen MR) is 92.4 cm³/mol. The number of para-hydroxylation sites is 2. The van der Waals surface area contributed by atoms with Crippen LogP contribution in [-0.2, 0) is 0 Å². The Hall–Kier alpha value is -3.28. The molecule has 0 saturated carbocycles. The van der Waals surface area contributed by atoms with Crippen LogP contribution in [0.25, 0.3) is 0 Å². The third kappa shape index (κ3) is 3.68. The molecule has 2 heterocycles. The van der Waals surface area contributed by atoms with Gasteiger partial charge in [-0.3, -0.25) is 0 Å². The van der Waals surface area contributed by atoms with E-state index in [1.807, 2.05) is 36.4 Å². The van der Waals surface area contributed by atoms with E-state index in [-0.39, 0.29) is 0 Å². The monoisotopic (exact) mass is 307 g/mol. The number of rotatable bonds is 5. The highest BCUT2D eigenvalue weighted by atomic mass is 16.5. The first-order valence-electron chi connectivity index (χ1n) is 7.09. The van der Waals surface area contributed by atoms with Crippen molar-refractivity contribution in [2.45, 2.75) is 0 Å². The number of nitrogens with two attached hydrogens (primary N) is 1. The second-order valence-electron chi connectivity index (χ2n) is 4.86. The number of hydrogen-bond donors (Lipinski definition) is 3. The van der Waals surface area contributed by atoms with Gasteiger partial charge in [-0.15, -0.1) is 0 Å². The molecule has 2 aromatic heterocycles. The molecule has 0 radical (unpaired) electrons. The highest BCUT2D eigenvalue weighted by molar-refractivity contribution is 5.68. The lowest BCUT2D eigenvalue weighted by molar-refractivity contribution is 0.417. The van der Waals surface area contributed by atoms with Gasteiger partial charge in [0.1, 0.15) is 17.4 Å². The smallest absolute Gasteiger partial charge is 0.142 e. The summed E-state index contributed by atoms with van der Waals surface area (Å²) >= 11 is 0. The minimum atomic E-state index is 0.620. The molecule has 6 heteroatoms. The minimum absolute atomic E-state index is 0.620. The van der Waals surface area contributed by atoms with Crippen LogP contribution >= 0.6 is 0 Å². The van der Waals surface area contributed by atoms with E-state index in [1.54, 1.807) is 31.6 Å². The number of pyridine rings is 2. The summed E-state index contributed by atoms with van der Waals surface area (Å²) in [7, 11) is 1.65. The molecule has 0 spiro atoms. The molecule has 6 nitrogen and oxygen atoms in total. The molecule has 3 rings (SSSR count). The Morgan fingerprint density at radius 2 is 1.83 bits per heavy atom. The van der Waals surface area contributed by atoms with Gasteiger partial charge >= 0.3 is 0 Å². The molecular weight excluding hydrogens is 290 g/mol.